The van der Waals surface area contributed by atoms with E-state index >= 15 is 0 Å². The number of hydrogen-bond acceptors (Lipinski definition) is 7. The van der Waals surface area contributed by atoms with Crippen LogP contribution in [0.15, 0.2) is 12.2 Å². The van der Waals surface area contributed by atoms with Crippen molar-refractivity contribution in [2.24, 2.45) is 35.5 Å². The standard InChI is InChI=1S/C12H19F3O2.C12H17F3O2.C11H17F3O2.CH4O.CH3.K.H2O.Pd/c2*1-17-11(16)10-6-4-9(5-7-10)3-2-8-12(13,14)15;12-11(13,14)7-1-2-8-3-5-9(6-4-8)10(15)16;1-2;;;;/h9-10H,2-8H2,1H3;2-3,9-10H,4-8H2,1H3;8-9H,1-7H2,(H,15,16);2H,1H3;1H3;;1H2;/q;;;;-1;+1;;/p-1. The molecule has 3 aliphatic carbocycles. The van der Waals surface area contributed by atoms with Crippen LogP contribution >= 0.6 is 0 Å². The summed E-state index contributed by atoms with van der Waals surface area (Å²) in [6.07, 6.45) is -1.25. The van der Waals surface area contributed by atoms with Crippen molar-refractivity contribution >= 4 is 17.9 Å². The maximum Gasteiger partial charge on any atom is 1.00 e. The van der Waals surface area contributed by atoms with Crippen molar-refractivity contribution in [3.05, 3.63) is 19.6 Å². The van der Waals surface area contributed by atoms with E-state index in [1.807, 2.05) is 0 Å². The van der Waals surface area contributed by atoms with Crippen LogP contribution < -0.4 is 51.4 Å². The molecule has 3 aliphatic rings. The number of methoxy groups -OCH3 is 2. The maximum atomic E-state index is 12.0. The molecule has 3 fully saturated rings. The maximum absolute atomic E-state index is 12.0. The second-order valence-corrected chi connectivity index (χ2v) is 13.7. The third-order valence-corrected chi connectivity index (χ3v) is 9.79. The molecule has 0 aromatic carbocycles. The summed E-state index contributed by atoms with van der Waals surface area (Å²) >= 11 is 0. The molecule has 0 spiro atoms. The summed E-state index contributed by atoms with van der Waals surface area (Å²) in [6.45, 7) is 0. The Kier molecular flexibility index (Phi) is 39.9. The molecule has 0 atom stereocenters. The third-order valence-electron chi connectivity index (χ3n) is 9.79. The summed E-state index contributed by atoms with van der Waals surface area (Å²) in [6, 6.07) is 0. The number of halogens is 9. The first-order chi connectivity index (χ1) is 24.2. The molecule has 0 aliphatic heterocycles. The minimum absolute atomic E-state index is 0. The monoisotopic (exact) mass is 949 g/mol. The number of carboxylic acid groups (broad SMARTS) is 1. The van der Waals surface area contributed by atoms with E-state index in [-0.39, 0.29) is 139 Å². The predicted octanol–water partition coefficient (Wildman–Crippen LogP) is 7.67. The quantitative estimate of drug-likeness (QED) is 0.0708. The van der Waals surface area contributed by atoms with Gasteiger partial charge in [0.2, 0.25) is 0 Å². The Morgan fingerprint density at radius 3 is 1.21 bits per heavy atom. The van der Waals surface area contributed by atoms with Gasteiger partial charge in [0.1, 0.15) is 0 Å². The van der Waals surface area contributed by atoms with Gasteiger partial charge in [0.25, 0.3) is 0 Å². The first-order valence-corrected chi connectivity index (χ1v) is 17.9. The molecule has 0 amide bonds. The number of carboxylic acids is 1. The Morgan fingerprint density at radius 1 is 0.607 bits per heavy atom. The first kappa shape index (κ1) is 64.9. The van der Waals surface area contributed by atoms with E-state index in [1.54, 1.807) is 6.08 Å². The Balaban J connectivity index is -0.000000219. The molecule has 56 heavy (non-hydrogen) atoms. The van der Waals surface area contributed by atoms with Crippen LogP contribution in [0.1, 0.15) is 122 Å². The zero-order chi connectivity index (χ0) is 40.0. The van der Waals surface area contributed by atoms with Crippen LogP contribution in [0.5, 0.6) is 0 Å². The van der Waals surface area contributed by atoms with Crippen molar-refractivity contribution < 1.29 is 151 Å². The number of esters is 2. The average Bonchev–Trinajstić information content (AvgIpc) is 3.08. The fraction of sp³-hybridized carbons (Fsp3) is 0.838. The van der Waals surface area contributed by atoms with Crippen molar-refractivity contribution in [2.45, 2.75) is 141 Å². The zero-order valence-electron chi connectivity index (χ0n) is 33.2. The Hall–Kier alpha value is -0.261. The van der Waals surface area contributed by atoms with E-state index in [4.69, 9.17) is 10.2 Å². The Labute approximate surface area is 382 Å². The van der Waals surface area contributed by atoms with Crippen LogP contribution in [0.25, 0.3) is 0 Å². The molecule has 3 rings (SSSR count). The van der Waals surface area contributed by atoms with Gasteiger partial charge in [-0.15, -0.1) is 0 Å². The number of hydrogen-bond donors (Lipinski definition) is 2. The molecule has 0 saturated heterocycles. The molecule has 0 heterocycles. The Bertz CT molecular complexity index is 1020. The summed E-state index contributed by atoms with van der Waals surface area (Å²) in [5.74, 6) is -0.755. The minimum Gasteiger partial charge on any atom is -0.870 e. The molecule has 0 radical (unpaired) electrons. The van der Waals surface area contributed by atoms with Gasteiger partial charge in [0.05, 0.1) is 38.4 Å². The molecule has 0 unspecified atom stereocenters. The molecular formula is C37H61F9KO8Pd-. The van der Waals surface area contributed by atoms with Crippen LogP contribution in [-0.2, 0) is 44.3 Å². The number of aliphatic carboxylic acids is 1. The second kappa shape index (κ2) is 34.5. The number of allylic oxidation sites excluding steroid dienone is 2. The van der Waals surface area contributed by atoms with Gasteiger partial charge in [-0.2, -0.15) is 39.5 Å². The normalized spacial score (nSPS) is 23.4. The van der Waals surface area contributed by atoms with Crippen LogP contribution in [0.3, 0.4) is 0 Å². The van der Waals surface area contributed by atoms with Crippen LogP contribution in [-0.4, -0.2) is 73.5 Å². The zero-order valence-corrected chi connectivity index (χ0v) is 37.8. The predicted molar refractivity (Wildman–Crippen MR) is 184 cm³/mol. The fourth-order valence-electron chi connectivity index (χ4n) is 6.84. The van der Waals surface area contributed by atoms with E-state index in [1.165, 1.54) is 20.3 Å². The van der Waals surface area contributed by atoms with Crippen LogP contribution in [0.4, 0.5) is 39.5 Å². The number of alkyl halides is 9. The van der Waals surface area contributed by atoms with Gasteiger partial charge in [0, 0.05) is 40.4 Å². The van der Waals surface area contributed by atoms with E-state index in [0.29, 0.717) is 44.4 Å². The van der Waals surface area contributed by atoms with Gasteiger partial charge < -0.3 is 32.6 Å². The van der Waals surface area contributed by atoms with Crippen molar-refractivity contribution in [2.75, 3.05) is 21.3 Å². The van der Waals surface area contributed by atoms with Crippen molar-refractivity contribution in [1.29, 1.82) is 0 Å². The summed E-state index contributed by atoms with van der Waals surface area (Å²) < 4.78 is 117. The smallest absolute Gasteiger partial charge is 0.870 e. The number of aliphatic hydroxyl groups is 1. The van der Waals surface area contributed by atoms with E-state index < -0.39 is 43.8 Å². The van der Waals surface area contributed by atoms with Crippen molar-refractivity contribution in [1.82, 2.24) is 0 Å². The van der Waals surface area contributed by atoms with Gasteiger partial charge in [-0.25, -0.2) is 0 Å². The first-order valence-electron chi connectivity index (χ1n) is 17.9. The minimum atomic E-state index is -4.13. The van der Waals surface area contributed by atoms with Gasteiger partial charge in [-0.05, 0) is 108 Å². The number of carbonyl (C=O) groups is 3. The van der Waals surface area contributed by atoms with E-state index in [9.17, 15) is 53.9 Å². The topological polar surface area (TPSA) is 140 Å². The summed E-state index contributed by atoms with van der Waals surface area (Å²) in [7, 11) is 3.73. The summed E-state index contributed by atoms with van der Waals surface area (Å²) in [5, 5.41) is 15.8. The Morgan fingerprint density at radius 2 is 0.929 bits per heavy atom. The van der Waals surface area contributed by atoms with Gasteiger partial charge in [-0.3, -0.25) is 14.4 Å². The van der Waals surface area contributed by atoms with Crippen molar-refractivity contribution in [3.8, 4) is 0 Å². The molecule has 3 saturated carbocycles. The third kappa shape index (κ3) is 33.6. The summed E-state index contributed by atoms with van der Waals surface area (Å²) in [5.41, 5.74) is 0. The molecule has 8 nitrogen and oxygen atoms in total. The number of aliphatic hydroxyl groups excluding tert-OH is 1. The van der Waals surface area contributed by atoms with Gasteiger partial charge in [0.15, 0.2) is 0 Å². The van der Waals surface area contributed by atoms with E-state index in [0.717, 1.165) is 58.5 Å². The van der Waals surface area contributed by atoms with Crippen LogP contribution in [0.2, 0.25) is 0 Å². The molecule has 3 N–H and O–H groups in total. The van der Waals surface area contributed by atoms with Gasteiger partial charge in [-0.1, -0.05) is 25.0 Å². The second-order valence-electron chi connectivity index (χ2n) is 13.7. The van der Waals surface area contributed by atoms with Gasteiger partial charge >= 0.3 is 87.8 Å². The SMILES string of the molecule is CO.COC(=O)C1CCC(C=CCC(F)(F)F)CC1.COC(=O)C1CCC(CCCC(F)(F)F)CC1.O=C(O)C1CCC(CCCC(F)(F)F)CC1.[CH3-].[K+].[OH-].[Pd]. The summed E-state index contributed by atoms with van der Waals surface area (Å²) in [4.78, 5) is 33.1. The average molecular weight is 950 g/mol. The largest absolute Gasteiger partial charge is 1.00 e. The number of carbonyl (C=O) groups excluding carboxylic acids is 2. The number of ether oxygens (including phenoxy) is 2. The molecule has 0 aromatic rings. The molecular weight excluding hydrogens is 889 g/mol. The van der Waals surface area contributed by atoms with E-state index in [2.05, 4.69) is 9.47 Å². The molecule has 0 aromatic heterocycles. The molecule has 0 bridgehead atoms. The fourth-order valence-corrected chi connectivity index (χ4v) is 6.84. The van der Waals surface area contributed by atoms with Crippen LogP contribution in [0, 0.1) is 42.9 Å². The van der Waals surface area contributed by atoms with Crippen molar-refractivity contribution in [3.63, 3.8) is 0 Å². The molecule has 332 valence electrons. The molecule has 19 heteroatoms. The number of rotatable bonds is 11.